The number of carbonyl (C=O) groups is 1. The molecule has 29 heavy (non-hydrogen) atoms. The summed E-state index contributed by atoms with van der Waals surface area (Å²) in [6.45, 7) is 4.18. The third kappa shape index (κ3) is 4.08. The molecular weight excluding hydrogens is 382 g/mol. The Morgan fingerprint density at radius 1 is 1.10 bits per heavy atom. The second kappa shape index (κ2) is 8.41. The molecule has 0 saturated heterocycles. The normalized spacial score (nSPS) is 13.6. The molecule has 0 bridgehead atoms. The van der Waals surface area contributed by atoms with Crippen molar-refractivity contribution in [3.8, 4) is 0 Å². The predicted molar refractivity (Wildman–Crippen MR) is 119 cm³/mol. The van der Waals surface area contributed by atoms with Crippen LogP contribution in [0.4, 0.5) is 5.69 Å². The molecule has 1 heterocycles. The van der Waals surface area contributed by atoms with E-state index in [1.165, 1.54) is 11.8 Å². The Hall–Kier alpha value is -2.60. The molecular formula is C23H25N3O2S. The zero-order chi connectivity index (χ0) is 20.4. The number of anilines is 1. The fourth-order valence-electron chi connectivity index (χ4n) is 3.59. The first kappa shape index (κ1) is 19.7. The van der Waals surface area contributed by atoms with Gasteiger partial charge in [0.25, 0.3) is 5.56 Å². The maximum atomic E-state index is 12.9. The molecule has 5 nitrogen and oxygen atoms in total. The van der Waals surface area contributed by atoms with Crippen LogP contribution in [0.2, 0.25) is 0 Å². The maximum Gasteiger partial charge on any atom is 0.262 e. The first-order valence-electron chi connectivity index (χ1n) is 10.2. The molecule has 1 amide bonds. The number of nitrogens with zero attached hydrogens (tertiary/aromatic N) is 2. The number of fused-ring (bicyclic) bond motifs is 1. The van der Waals surface area contributed by atoms with Crippen LogP contribution in [0.1, 0.15) is 43.9 Å². The molecule has 1 saturated carbocycles. The van der Waals surface area contributed by atoms with E-state index in [2.05, 4.69) is 36.3 Å². The quantitative estimate of drug-likeness (QED) is 0.460. The average Bonchev–Trinajstić information content (AvgIpc) is 3.57. The Balaban J connectivity index is 1.57. The zero-order valence-corrected chi connectivity index (χ0v) is 17.6. The van der Waals surface area contributed by atoms with Crippen LogP contribution in [0, 0.1) is 0 Å². The van der Waals surface area contributed by atoms with Crippen molar-refractivity contribution in [2.75, 3.05) is 11.1 Å². The van der Waals surface area contributed by atoms with E-state index in [4.69, 9.17) is 0 Å². The summed E-state index contributed by atoms with van der Waals surface area (Å²) in [5, 5.41) is 4.36. The number of aromatic nitrogens is 2. The molecule has 0 unspecified atom stereocenters. The van der Waals surface area contributed by atoms with Gasteiger partial charge in [-0.2, -0.15) is 0 Å². The van der Waals surface area contributed by atoms with E-state index in [-0.39, 0.29) is 23.3 Å². The van der Waals surface area contributed by atoms with Crippen molar-refractivity contribution in [1.29, 1.82) is 0 Å². The Kier molecular flexibility index (Phi) is 5.72. The van der Waals surface area contributed by atoms with E-state index in [0.29, 0.717) is 16.1 Å². The fraction of sp³-hybridized carbons (Fsp3) is 0.348. The van der Waals surface area contributed by atoms with E-state index in [1.54, 1.807) is 4.57 Å². The second-order valence-electron chi connectivity index (χ2n) is 7.31. The van der Waals surface area contributed by atoms with Gasteiger partial charge >= 0.3 is 0 Å². The van der Waals surface area contributed by atoms with Crippen molar-refractivity contribution >= 4 is 34.3 Å². The molecule has 3 aromatic rings. The Morgan fingerprint density at radius 2 is 1.79 bits per heavy atom. The van der Waals surface area contributed by atoms with Crippen LogP contribution in [0.3, 0.4) is 0 Å². The highest BCUT2D eigenvalue weighted by Crippen LogP contribution is 2.36. The predicted octanol–water partition coefficient (Wildman–Crippen LogP) is 4.59. The van der Waals surface area contributed by atoms with Gasteiger partial charge in [0.15, 0.2) is 5.16 Å². The molecule has 150 valence electrons. The van der Waals surface area contributed by atoms with E-state index in [1.807, 2.05) is 30.3 Å². The lowest BCUT2D eigenvalue weighted by Gasteiger charge is -2.15. The molecule has 4 rings (SSSR count). The number of hydrogen-bond donors (Lipinski definition) is 1. The highest BCUT2D eigenvalue weighted by Gasteiger charge is 2.28. The van der Waals surface area contributed by atoms with Crippen molar-refractivity contribution in [2.24, 2.45) is 0 Å². The Morgan fingerprint density at radius 3 is 2.45 bits per heavy atom. The molecule has 1 aromatic heterocycles. The molecule has 0 aliphatic heterocycles. The van der Waals surface area contributed by atoms with Crippen molar-refractivity contribution in [2.45, 2.75) is 50.7 Å². The summed E-state index contributed by atoms with van der Waals surface area (Å²) < 4.78 is 1.78. The number of nitrogens with one attached hydrogen (secondary N) is 1. The Labute approximate surface area is 174 Å². The van der Waals surface area contributed by atoms with Crippen LogP contribution in [0.25, 0.3) is 10.9 Å². The van der Waals surface area contributed by atoms with Gasteiger partial charge in [-0.25, -0.2) is 4.98 Å². The second-order valence-corrected chi connectivity index (χ2v) is 8.26. The highest BCUT2D eigenvalue weighted by atomic mass is 32.2. The molecule has 0 atom stereocenters. The number of rotatable bonds is 7. The van der Waals surface area contributed by atoms with Crippen molar-refractivity contribution in [1.82, 2.24) is 9.55 Å². The monoisotopic (exact) mass is 407 g/mol. The summed E-state index contributed by atoms with van der Waals surface area (Å²) in [6.07, 6.45) is 3.71. The first-order valence-corrected chi connectivity index (χ1v) is 11.2. The van der Waals surface area contributed by atoms with Gasteiger partial charge in [-0.1, -0.05) is 55.9 Å². The van der Waals surface area contributed by atoms with Gasteiger partial charge in [0.2, 0.25) is 5.91 Å². The molecule has 1 fully saturated rings. The lowest BCUT2D eigenvalue weighted by Crippen LogP contribution is -2.23. The summed E-state index contributed by atoms with van der Waals surface area (Å²) in [6, 6.07) is 13.8. The lowest BCUT2D eigenvalue weighted by molar-refractivity contribution is -0.113. The van der Waals surface area contributed by atoms with E-state index in [9.17, 15) is 9.59 Å². The number of aryl methyl sites for hydroxylation is 2. The highest BCUT2D eigenvalue weighted by molar-refractivity contribution is 7.99. The van der Waals surface area contributed by atoms with Gasteiger partial charge in [-0.05, 0) is 48.9 Å². The molecule has 0 spiro atoms. The number of hydrogen-bond acceptors (Lipinski definition) is 4. The molecule has 2 aromatic carbocycles. The van der Waals surface area contributed by atoms with E-state index < -0.39 is 0 Å². The number of thioether (sulfide) groups is 1. The van der Waals surface area contributed by atoms with Crippen LogP contribution in [-0.4, -0.2) is 21.2 Å². The summed E-state index contributed by atoms with van der Waals surface area (Å²) >= 11 is 1.34. The standard InChI is InChI=1S/C23H25N3O2S/c1-3-15-8-7-9-16(4-2)21(15)25-20(27)14-29-23-24-19-11-6-5-10-18(19)22(28)26(23)17-12-13-17/h5-11,17H,3-4,12-14H2,1-2H3,(H,25,27). The first-order chi connectivity index (χ1) is 14.1. The number of para-hydroxylation sites is 2. The summed E-state index contributed by atoms with van der Waals surface area (Å²) in [5.74, 6) is 0.147. The number of amides is 1. The minimum absolute atomic E-state index is 0.00870. The maximum absolute atomic E-state index is 12.9. The van der Waals surface area contributed by atoms with Crippen LogP contribution < -0.4 is 10.9 Å². The van der Waals surface area contributed by atoms with Gasteiger partial charge in [0.1, 0.15) is 0 Å². The summed E-state index contributed by atoms with van der Waals surface area (Å²) in [7, 11) is 0. The Bertz CT molecular complexity index is 1100. The van der Waals surface area contributed by atoms with Gasteiger partial charge in [0.05, 0.1) is 16.7 Å². The molecule has 6 heteroatoms. The van der Waals surface area contributed by atoms with Crippen LogP contribution in [-0.2, 0) is 17.6 Å². The SMILES string of the molecule is CCc1cccc(CC)c1NC(=O)CSc1nc2ccccc2c(=O)n1C1CC1. The van der Waals surface area contributed by atoms with Crippen LogP contribution in [0.15, 0.2) is 52.4 Å². The largest absolute Gasteiger partial charge is 0.325 e. The minimum atomic E-state index is -0.0737. The van der Waals surface area contributed by atoms with Crippen LogP contribution in [0.5, 0.6) is 0 Å². The van der Waals surface area contributed by atoms with Gasteiger partial charge in [-0.15, -0.1) is 0 Å². The molecule has 1 N–H and O–H groups in total. The number of benzene rings is 2. The topological polar surface area (TPSA) is 64.0 Å². The van der Waals surface area contributed by atoms with E-state index in [0.717, 1.165) is 42.5 Å². The van der Waals surface area contributed by atoms with Gasteiger partial charge in [-0.3, -0.25) is 14.2 Å². The summed E-state index contributed by atoms with van der Waals surface area (Å²) in [5.41, 5.74) is 3.88. The van der Waals surface area contributed by atoms with Gasteiger partial charge in [0, 0.05) is 11.7 Å². The average molecular weight is 408 g/mol. The van der Waals surface area contributed by atoms with Crippen molar-refractivity contribution in [3.63, 3.8) is 0 Å². The molecule has 0 radical (unpaired) electrons. The van der Waals surface area contributed by atoms with Crippen molar-refractivity contribution in [3.05, 3.63) is 63.9 Å². The number of carbonyl (C=O) groups excluding carboxylic acids is 1. The third-order valence-electron chi connectivity index (χ3n) is 5.28. The van der Waals surface area contributed by atoms with Crippen molar-refractivity contribution < 1.29 is 4.79 Å². The molecule has 1 aliphatic carbocycles. The third-order valence-corrected chi connectivity index (χ3v) is 6.24. The lowest BCUT2D eigenvalue weighted by atomic mass is 10.0. The summed E-state index contributed by atoms with van der Waals surface area (Å²) in [4.78, 5) is 30.4. The van der Waals surface area contributed by atoms with E-state index >= 15 is 0 Å². The minimum Gasteiger partial charge on any atom is -0.325 e. The zero-order valence-electron chi connectivity index (χ0n) is 16.8. The fourth-order valence-corrected chi connectivity index (χ4v) is 4.46. The van der Waals surface area contributed by atoms with Gasteiger partial charge < -0.3 is 5.32 Å². The van der Waals surface area contributed by atoms with Crippen LogP contribution >= 0.6 is 11.8 Å². The molecule has 1 aliphatic rings. The smallest absolute Gasteiger partial charge is 0.262 e.